The highest BCUT2D eigenvalue weighted by Gasteiger charge is 2.33. The van der Waals surface area contributed by atoms with Gasteiger partial charge in [-0.25, -0.2) is 0 Å². The lowest BCUT2D eigenvalue weighted by molar-refractivity contribution is 0.0946. The van der Waals surface area contributed by atoms with Crippen molar-refractivity contribution in [1.82, 2.24) is 10.2 Å². The first-order valence-electron chi connectivity index (χ1n) is 6.61. The van der Waals surface area contributed by atoms with Gasteiger partial charge >= 0.3 is 0 Å². The SMILES string of the molecule is CCN(CC)C(C)(C)C(Cc1sccc1Br)NC. The van der Waals surface area contributed by atoms with Crippen molar-refractivity contribution in [3.63, 3.8) is 0 Å². The molecule has 0 fully saturated rings. The number of rotatable bonds is 7. The summed E-state index contributed by atoms with van der Waals surface area (Å²) in [6.07, 6.45) is 1.07. The second-order valence-electron chi connectivity index (χ2n) is 5.06. The molecule has 2 nitrogen and oxygen atoms in total. The number of nitrogens with zero attached hydrogens (tertiary/aromatic N) is 1. The molecule has 0 radical (unpaired) electrons. The molecule has 1 aromatic heterocycles. The average molecular weight is 333 g/mol. The van der Waals surface area contributed by atoms with E-state index in [-0.39, 0.29) is 5.54 Å². The second kappa shape index (κ2) is 7.04. The van der Waals surface area contributed by atoms with E-state index in [1.54, 1.807) is 0 Å². The third-order valence-electron chi connectivity index (χ3n) is 3.86. The standard InChI is InChI=1S/C14H25BrN2S/c1-6-17(7-2)14(3,4)13(16-5)10-12-11(15)8-9-18-12/h8-9,13,16H,6-7,10H2,1-5H3. The van der Waals surface area contributed by atoms with Crippen molar-refractivity contribution in [2.75, 3.05) is 20.1 Å². The number of thiophene rings is 1. The molecule has 0 spiro atoms. The van der Waals surface area contributed by atoms with Crippen LogP contribution in [-0.2, 0) is 6.42 Å². The van der Waals surface area contributed by atoms with Crippen molar-refractivity contribution in [3.05, 3.63) is 20.8 Å². The van der Waals surface area contributed by atoms with Crippen LogP contribution in [0.1, 0.15) is 32.6 Å². The molecule has 0 amide bonds. The molecule has 1 aromatic rings. The van der Waals surface area contributed by atoms with Gasteiger partial charge in [-0.05, 0) is 67.8 Å². The van der Waals surface area contributed by atoms with Gasteiger partial charge < -0.3 is 5.32 Å². The van der Waals surface area contributed by atoms with Gasteiger partial charge in [-0.15, -0.1) is 11.3 Å². The van der Waals surface area contributed by atoms with Crippen molar-refractivity contribution in [3.8, 4) is 0 Å². The molecule has 0 saturated heterocycles. The van der Waals surface area contributed by atoms with Gasteiger partial charge in [0.1, 0.15) is 0 Å². The number of hydrogen-bond donors (Lipinski definition) is 1. The Kier molecular flexibility index (Phi) is 6.31. The summed E-state index contributed by atoms with van der Waals surface area (Å²) in [5, 5.41) is 5.65. The van der Waals surface area contributed by atoms with Crippen molar-refractivity contribution in [1.29, 1.82) is 0 Å². The first-order valence-corrected chi connectivity index (χ1v) is 8.28. The Morgan fingerprint density at radius 1 is 1.39 bits per heavy atom. The molecule has 104 valence electrons. The molecule has 1 rings (SSSR count). The van der Waals surface area contributed by atoms with Gasteiger partial charge in [0.2, 0.25) is 0 Å². The quantitative estimate of drug-likeness (QED) is 0.817. The van der Waals surface area contributed by atoms with Gasteiger partial charge in [0, 0.05) is 20.9 Å². The predicted octanol–water partition coefficient (Wildman–Crippen LogP) is 3.76. The molecule has 0 aromatic carbocycles. The number of likely N-dealkylation sites (N-methyl/N-ethyl adjacent to an activating group) is 2. The summed E-state index contributed by atoms with van der Waals surface area (Å²) in [6.45, 7) is 11.3. The normalized spacial score (nSPS) is 14.2. The first-order chi connectivity index (χ1) is 8.47. The van der Waals surface area contributed by atoms with Crippen LogP contribution in [0.15, 0.2) is 15.9 Å². The largest absolute Gasteiger partial charge is 0.315 e. The highest BCUT2D eigenvalue weighted by molar-refractivity contribution is 9.10. The van der Waals surface area contributed by atoms with Crippen molar-refractivity contribution in [2.45, 2.75) is 45.7 Å². The maximum absolute atomic E-state index is 3.63. The van der Waals surface area contributed by atoms with E-state index in [4.69, 9.17) is 0 Å². The third kappa shape index (κ3) is 3.56. The van der Waals surface area contributed by atoms with E-state index in [0.29, 0.717) is 6.04 Å². The van der Waals surface area contributed by atoms with Gasteiger partial charge in [-0.2, -0.15) is 0 Å². The Balaban J connectivity index is 2.85. The molecule has 1 N–H and O–H groups in total. The van der Waals surface area contributed by atoms with Gasteiger partial charge in [0.05, 0.1) is 0 Å². The summed E-state index contributed by atoms with van der Waals surface area (Å²) in [6, 6.07) is 2.59. The minimum Gasteiger partial charge on any atom is -0.315 e. The van der Waals surface area contributed by atoms with Crippen LogP contribution in [0.2, 0.25) is 0 Å². The lowest BCUT2D eigenvalue weighted by Crippen LogP contribution is -2.57. The monoisotopic (exact) mass is 332 g/mol. The predicted molar refractivity (Wildman–Crippen MR) is 85.6 cm³/mol. The molecular weight excluding hydrogens is 308 g/mol. The Hall–Kier alpha value is 0.1000. The average Bonchev–Trinajstić information content (AvgIpc) is 2.72. The van der Waals surface area contributed by atoms with Crippen LogP contribution in [0, 0.1) is 0 Å². The van der Waals surface area contributed by atoms with Crippen LogP contribution in [-0.4, -0.2) is 36.6 Å². The van der Waals surface area contributed by atoms with Crippen LogP contribution in [0.3, 0.4) is 0 Å². The van der Waals surface area contributed by atoms with Crippen molar-refractivity contribution < 1.29 is 0 Å². The van der Waals surface area contributed by atoms with E-state index in [9.17, 15) is 0 Å². The number of hydrogen-bond acceptors (Lipinski definition) is 3. The highest BCUT2D eigenvalue weighted by atomic mass is 79.9. The van der Waals surface area contributed by atoms with Gasteiger partial charge in [-0.3, -0.25) is 4.90 Å². The summed E-state index contributed by atoms with van der Waals surface area (Å²) in [5.41, 5.74) is 0.154. The lowest BCUT2D eigenvalue weighted by Gasteiger charge is -2.43. The van der Waals surface area contributed by atoms with Crippen molar-refractivity contribution >= 4 is 27.3 Å². The molecular formula is C14H25BrN2S. The summed E-state index contributed by atoms with van der Waals surface area (Å²) >= 11 is 5.46. The Bertz CT molecular complexity index is 358. The molecule has 18 heavy (non-hydrogen) atoms. The number of nitrogens with one attached hydrogen (secondary N) is 1. The molecule has 0 aliphatic heterocycles. The second-order valence-corrected chi connectivity index (χ2v) is 6.92. The molecule has 1 atom stereocenters. The fourth-order valence-electron chi connectivity index (χ4n) is 2.62. The Morgan fingerprint density at radius 2 is 2.00 bits per heavy atom. The zero-order valence-electron chi connectivity index (χ0n) is 12.1. The highest BCUT2D eigenvalue weighted by Crippen LogP contribution is 2.28. The van der Waals surface area contributed by atoms with E-state index in [1.165, 1.54) is 9.35 Å². The molecule has 0 saturated carbocycles. The fraction of sp³-hybridized carbons (Fsp3) is 0.714. The zero-order chi connectivity index (χ0) is 13.8. The molecule has 1 heterocycles. The molecule has 4 heteroatoms. The maximum Gasteiger partial charge on any atom is 0.0314 e. The maximum atomic E-state index is 3.63. The molecule has 0 aliphatic carbocycles. The minimum absolute atomic E-state index is 0.154. The van der Waals surface area contributed by atoms with E-state index in [0.717, 1.165) is 19.5 Å². The zero-order valence-corrected chi connectivity index (χ0v) is 14.5. The summed E-state index contributed by atoms with van der Waals surface area (Å²) in [4.78, 5) is 3.95. The minimum atomic E-state index is 0.154. The third-order valence-corrected chi connectivity index (χ3v) is 5.81. The van der Waals surface area contributed by atoms with Crippen molar-refractivity contribution in [2.24, 2.45) is 0 Å². The topological polar surface area (TPSA) is 15.3 Å². The van der Waals surface area contributed by atoms with Crippen LogP contribution in [0.4, 0.5) is 0 Å². The van der Waals surface area contributed by atoms with Gasteiger partial charge in [0.25, 0.3) is 0 Å². The number of halogens is 1. The molecule has 0 bridgehead atoms. The summed E-state index contributed by atoms with van der Waals surface area (Å²) < 4.78 is 1.24. The smallest absolute Gasteiger partial charge is 0.0314 e. The van der Waals surface area contributed by atoms with E-state index in [2.05, 4.69) is 72.3 Å². The Morgan fingerprint density at radius 3 is 2.39 bits per heavy atom. The van der Waals surface area contributed by atoms with E-state index in [1.807, 2.05) is 11.3 Å². The van der Waals surface area contributed by atoms with E-state index >= 15 is 0 Å². The van der Waals surface area contributed by atoms with Crippen LogP contribution >= 0.6 is 27.3 Å². The summed E-state index contributed by atoms with van der Waals surface area (Å²) in [7, 11) is 2.07. The molecule has 1 unspecified atom stereocenters. The Labute approximate surface area is 124 Å². The van der Waals surface area contributed by atoms with Gasteiger partial charge in [-0.1, -0.05) is 13.8 Å². The van der Waals surface area contributed by atoms with Gasteiger partial charge in [0.15, 0.2) is 0 Å². The van der Waals surface area contributed by atoms with Crippen LogP contribution < -0.4 is 5.32 Å². The first kappa shape index (κ1) is 16.2. The van der Waals surface area contributed by atoms with Crippen LogP contribution in [0.25, 0.3) is 0 Å². The fourth-order valence-corrected chi connectivity index (χ4v) is 4.18. The lowest BCUT2D eigenvalue weighted by atomic mass is 9.89. The van der Waals surface area contributed by atoms with Crippen LogP contribution in [0.5, 0.6) is 0 Å². The van der Waals surface area contributed by atoms with E-state index < -0.39 is 0 Å². The molecule has 0 aliphatic rings. The summed E-state index contributed by atoms with van der Waals surface area (Å²) in [5.74, 6) is 0.